The van der Waals surface area contributed by atoms with Crippen molar-refractivity contribution in [1.29, 1.82) is 0 Å². The van der Waals surface area contributed by atoms with Gasteiger partial charge < -0.3 is 36.7 Å². The number of methoxy groups -OCH3 is 2. The summed E-state index contributed by atoms with van der Waals surface area (Å²) in [5, 5.41) is 2.03. The lowest BCUT2D eigenvalue weighted by Gasteiger charge is -2.38. The maximum absolute atomic E-state index is 11.7. The Bertz CT molecular complexity index is 2770. The molecule has 0 radical (unpaired) electrons. The largest absolute Gasteiger partial charge is 0.508 e. The molecule has 0 saturated carbocycles. The zero-order valence-corrected chi connectivity index (χ0v) is 44.1. The number of rotatable bonds is 12. The van der Waals surface area contributed by atoms with Gasteiger partial charge in [0.25, 0.3) is 0 Å². The molecular weight excluding hydrogens is 928 g/mol. The van der Waals surface area contributed by atoms with Gasteiger partial charge in [0.1, 0.15) is 40.2 Å². The number of carbonyl (C=O) groups is 1. The monoisotopic (exact) mass is 988 g/mol. The second-order valence-corrected chi connectivity index (χ2v) is 23.8. The highest BCUT2D eigenvalue weighted by atomic mass is 35.5. The van der Waals surface area contributed by atoms with E-state index in [1.165, 1.54) is 36.5 Å². The minimum atomic E-state index is -3.09. The number of ether oxygens (including phenoxy) is 4. The SMILES string of the molecule is C=C(OOC)Oc1cc(C)c2c(c1)Cc1cc(OCC(=O)OC)cc(C)c1O[Si](C)(c1ccc(OC)cc1)O2.Cc1cc(C)c2c(c1)C(C)c1cc(C)cc(C)c1O[Si](CCCl)(c1ccccc1)O2. The standard InChI is InChI=1S/C29H32O9Si.C26H29ClO2Si/c1-18-12-24(34-17-27(30)32-5)15-21-14-22-16-25(35-20(3)36-33-6)13-19(2)29(22)38-39(7,37-28(18)21)26-10-8-23(31-4)9-11-26;1-17-13-19(3)25-23(15-17)21(5)24-16-18(2)14-20(4)26(24)29-30(28-25,12-11-27)22-9-7-6-8-10-22/h8-13,15-16H,3,14,17H2,1-2,4-7H3;6-10,13-16,21H,11-12H2,1-5H3. The van der Waals surface area contributed by atoms with E-state index in [9.17, 15) is 4.79 Å². The first-order valence-electron chi connectivity index (χ1n) is 22.8. The first kappa shape index (κ1) is 50.5. The Hall–Kier alpha value is -6.39. The van der Waals surface area contributed by atoms with Crippen LogP contribution in [0.2, 0.25) is 12.6 Å². The number of hydrogen-bond donors (Lipinski definition) is 0. The third kappa shape index (κ3) is 11.2. The van der Waals surface area contributed by atoms with Crippen molar-refractivity contribution in [3.63, 3.8) is 0 Å². The van der Waals surface area contributed by atoms with Gasteiger partial charge in [0.15, 0.2) is 6.61 Å². The van der Waals surface area contributed by atoms with Gasteiger partial charge in [0, 0.05) is 63.4 Å². The van der Waals surface area contributed by atoms with E-state index in [1.54, 1.807) is 7.11 Å². The van der Waals surface area contributed by atoms with Crippen molar-refractivity contribution in [3.8, 4) is 40.2 Å². The van der Waals surface area contributed by atoms with Crippen LogP contribution in [0.1, 0.15) is 68.5 Å². The van der Waals surface area contributed by atoms with Crippen LogP contribution in [0.5, 0.6) is 40.2 Å². The predicted octanol–water partition coefficient (Wildman–Crippen LogP) is 11.1. The fourth-order valence-electron chi connectivity index (χ4n) is 8.98. The van der Waals surface area contributed by atoms with E-state index in [4.69, 9.17) is 53.1 Å². The van der Waals surface area contributed by atoms with Crippen LogP contribution in [-0.2, 0) is 25.7 Å². The molecule has 0 aromatic heterocycles. The van der Waals surface area contributed by atoms with Gasteiger partial charge >= 0.3 is 29.0 Å². The Kier molecular flexibility index (Phi) is 15.7. The number of esters is 1. The van der Waals surface area contributed by atoms with Gasteiger partial charge in [-0.3, -0.25) is 4.89 Å². The van der Waals surface area contributed by atoms with Gasteiger partial charge in [-0.2, -0.15) is 4.89 Å². The molecule has 6 aromatic carbocycles. The van der Waals surface area contributed by atoms with Gasteiger partial charge in [-0.1, -0.05) is 84.8 Å². The normalized spacial score (nSPS) is 17.7. The van der Waals surface area contributed by atoms with Gasteiger partial charge in [-0.15, -0.1) is 11.6 Å². The van der Waals surface area contributed by atoms with E-state index in [2.05, 4.69) is 94.6 Å². The second kappa shape index (κ2) is 21.5. The maximum atomic E-state index is 11.7. The molecule has 0 bridgehead atoms. The van der Waals surface area contributed by atoms with Crippen molar-refractivity contribution < 1.29 is 51.2 Å². The number of aryl methyl sites for hydroxylation is 6. The van der Waals surface area contributed by atoms with Crippen molar-refractivity contribution in [2.45, 2.75) is 73.4 Å². The molecule has 2 heterocycles. The molecule has 0 fully saturated rings. The van der Waals surface area contributed by atoms with Gasteiger partial charge in [0.2, 0.25) is 0 Å². The molecule has 0 aliphatic carbocycles. The van der Waals surface area contributed by atoms with Gasteiger partial charge in [0.05, 0.1) is 21.3 Å². The van der Waals surface area contributed by atoms with E-state index in [-0.39, 0.29) is 18.5 Å². The Morgan fingerprint density at radius 3 is 1.72 bits per heavy atom. The predicted molar refractivity (Wildman–Crippen MR) is 274 cm³/mol. The number of benzene rings is 6. The molecule has 2 aliphatic rings. The van der Waals surface area contributed by atoms with Crippen LogP contribution < -0.4 is 42.3 Å². The average molecular weight is 990 g/mol. The molecule has 11 nitrogen and oxygen atoms in total. The van der Waals surface area contributed by atoms with E-state index in [0.29, 0.717) is 41.3 Å². The molecule has 6 aromatic rings. The molecule has 0 amide bonds. The molecule has 1 atom stereocenters. The summed E-state index contributed by atoms with van der Waals surface area (Å²) in [4.78, 5) is 21.2. The molecule has 0 spiro atoms. The summed E-state index contributed by atoms with van der Waals surface area (Å²) < 4.78 is 49.1. The summed E-state index contributed by atoms with van der Waals surface area (Å²) in [6.07, 6.45) is 0.448. The van der Waals surface area contributed by atoms with E-state index in [1.807, 2.05) is 75.0 Å². The van der Waals surface area contributed by atoms with Crippen molar-refractivity contribution in [2.24, 2.45) is 0 Å². The summed E-state index contributed by atoms with van der Waals surface area (Å²) in [5.41, 5.74) is 10.7. The minimum absolute atomic E-state index is 0.000803. The van der Waals surface area contributed by atoms with Crippen LogP contribution >= 0.6 is 11.6 Å². The molecule has 0 N–H and O–H groups in total. The smallest absolute Gasteiger partial charge is 0.496 e. The van der Waals surface area contributed by atoms with Crippen LogP contribution in [0.4, 0.5) is 0 Å². The highest BCUT2D eigenvalue weighted by molar-refractivity contribution is 6.83. The van der Waals surface area contributed by atoms with Crippen LogP contribution in [0, 0.1) is 41.5 Å². The summed E-state index contributed by atoms with van der Waals surface area (Å²) in [6, 6.07) is 35.1. The number of hydrogen-bond acceptors (Lipinski definition) is 11. The molecule has 69 heavy (non-hydrogen) atoms. The fraction of sp³-hybridized carbons (Fsp3) is 0.291. The third-order valence-corrected chi connectivity index (χ3v) is 18.5. The summed E-state index contributed by atoms with van der Waals surface area (Å²) in [5.74, 6) is 5.29. The molecule has 2 aliphatic heterocycles. The number of alkyl halides is 1. The van der Waals surface area contributed by atoms with Crippen LogP contribution in [-0.4, -0.2) is 56.9 Å². The fourth-order valence-corrected chi connectivity index (χ4v) is 15.1. The van der Waals surface area contributed by atoms with Crippen LogP contribution in [0.3, 0.4) is 0 Å². The topological polar surface area (TPSA) is 109 Å². The zero-order valence-electron chi connectivity index (χ0n) is 41.3. The van der Waals surface area contributed by atoms with Crippen molar-refractivity contribution >= 4 is 45.1 Å². The summed E-state index contributed by atoms with van der Waals surface area (Å²) in [6.45, 7) is 20.2. The number of halogens is 1. The van der Waals surface area contributed by atoms with Gasteiger partial charge in [-0.25, -0.2) is 4.79 Å². The maximum Gasteiger partial charge on any atom is 0.496 e. The van der Waals surface area contributed by atoms with Crippen LogP contribution in [0.25, 0.3) is 0 Å². The Balaban J connectivity index is 0.000000211. The van der Waals surface area contributed by atoms with Crippen LogP contribution in [0.15, 0.2) is 116 Å². The highest BCUT2D eigenvalue weighted by Crippen LogP contribution is 2.45. The molecular formula is C55H61ClO11Si2. The van der Waals surface area contributed by atoms with Crippen molar-refractivity contribution in [2.75, 3.05) is 33.8 Å². The third-order valence-electron chi connectivity index (χ3n) is 12.2. The van der Waals surface area contributed by atoms with Gasteiger partial charge in [-0.05, 0) is 107 Å². The Morgan fingerprint density at radius 2 is 1.20 bits per heavy atom. The summed E-state index contributed by atoms with van der Waals surface area (Å²) in [7, 11) is -1.67. The lowest BCUT2D eigenvalue weighted by molar-refractivity contribution is -0.260. The van der Waals surface area contributed by atoms with E-state index >= 15 is 0 Å². The quantitative estimate of drug-likeness (QED) is 0.0292. The van der Waals surface area contributed by atoms with E-state index in [0.717, 1.165) is 61.0 Å². The van der Waals surface area contributed by atoms with Crippen molar-refractivity contribution in [3.05, 3.63) is 171 Å². The first-order valence-corrected chi connectivity index (χ1v) is 27.7. The lowest BCUT2D eigenvalue weighted by atomic mass is 9.87. The zero-order chi connectivity index (χ0) is 49.6. The number of fused-ring (bicyclic) bond motifs is 4. The molecule has 8 rings (SSSR count). The highest BCUT2D eigenvalue weighted by Gasteiger charge is 2.47. The number of carbonyl (C=O) groups excluding carboxylic acids is 1. The molecule has 1 unspecified atom stereocenters. The first-order chi connectivity index (χ1) is 33.0. The Labute approximate surface area is 413 Å². The Morgan fingerprint density at radius 1 is 0.667 bits per heavy atom. The summed E-state index contributed by atoms with van der Waals surface area (Å²) >= 11 is 6.36. The second-order valence-electron chi connectivity index (χ2n) is 17.6. The molecule has 0 saturated heterocycles. The van der Waals surface area contributed by atoms with E-state index < -0.39 is 23.1 Å². The van der Waals surface area contributed by atoms with Crippen molar-refractivity contribution in [1.82, 2.24) is 0 Å². The average Bonchev–Trinajstić information content (AvgIpc) is 3.31. The molecule has 362 valence electrons. The lowest BCUT2D eigenvalue weighted by Crippen LogP contribution is -2.60. The minimum Gasteiger partial charge on any atom is -0.508 e. The molecule has 14 heteroatoms.